The van der Waals surface area contributed by atoms with E-state index in [0.717, 1.165) is 25.7 Å². The van der Waals surface area contributed by atoms with E-state index < -0.39 is 29.2 Å². The zero-order chi connectivity index (χ0) is 31.5. The number of rotatable bonds is 5. The lowest BCUT2D eigenvalue weighted by Crippen LogP contribution is -2.36. The lowest BCUT2D eigenvalue weighted by atomic mass is 9.97. The SMILES string of the molecule is Cc1c(NC(=O)OC(C)(C)C)cncc1-c1cc2cc(NC(=O)NC3CCCC3)ncc2c(NC(=O)OC(C)(C)C)c1F. The van der Waals surface area contributed by atoms with Gasteiger partial charge in [0.15, 0.2) is 5.82 Å². The average molecular weight is 595 g/mol. The van der Waals surface area contributed by atoms with Crippen LogP contribution in [0.1, 0.15) is 72.8 Å². The number of ether oxygens (including phenoxy) is 2. The van der Waals surface area contributed by atoms with Gasteiger partial charge in [-0.1, -0.05) is 12.8 Å². The molecule has 0 saturated heterocycles. The largest absolute Gasteiger partial charge is 0.444 e. The van der Waals surface area contributed by atoms with Crippen LogP contribution in [-0.4, -0.2) is 45.4 Å². The molecule has 4 N–H and O–H groups in total. The summed E-state index contributed by atoms with van der Waals surface area (Å²) >= 11 is 0. The molecule has 12 heteroatoms. The first-order valence-corrected chi connectivity index (χ1v) is 14.2. The van der Waals surface area contributed by atoms with Crippen LogP contribution in [0.2, 0.25) is 0 Å². The maximum absolute atomic E-state index is 16.3. The number of amides is 4. The van der Waals surface area contributed by atoms with Gasteiger partial charge >= 0.3 is 18.2 Å². The zero-order valence-electron chi connectivity index (χ0n) is 25.6. The number of fused-ring (bicyclic) bond motifs is 1. The molecule has 2 heterocycles. The maximum atomic E-state index is 16.3. The minimum atomic E-state index is -0.849. The second-order valence-corrected chi connectivity index (χ2v) is 12.6. The molecule has 0 radical (unpaired) electrons. The van der Waals surface area contributed by atoms with Crippen LogP contribution in [0.5, 0.6) is 0 Å². The van der Waals surface area contributed by atoms with Gasteiger partial charge in [-0.25, -0.2) is 23.8 Å². The van der Waals surface area contributed by atoms with Gasteiger partial charge < -0.3 is 14.8 Å². The number of nitrogens with one attached hydrogen (secondary N) is 4. The minimum absolute atomic E-state index is 0.101. The molecule has 2 aromatic heterocycles. The number of nitrogens with zero attached hydrogens (tertiary/aromatic N) is 2. The summed E-state index contributed by atoms with van der Waals surface area (Å²) in [5, 5.41) is 11.7. The number of carbonyl (C=O) groups excluding carboxylic acids is 3. The first-order chi connectivity index (χ1) is 20.1. The summed E-state index contributed by atoms with van der Waals surface area (Å²) < 4.78 is 27.0. The summed E-state index contributed by atoms with van der Waals surface area (Å²) in [7, 11) is 0. The number of hydrogen-bond acceptors (Lipinski definition) is 7. The van der Waals surface area contributed by atoms with Crippen molar-refractivity contribution in [2.45, 2.75) is 91.4 Å². The molecule has 1 fully saturated rings. The van der Waals surface area contributed by atoms with E-state index in [1.165, 1.54) is 18.6 Å². The molecular weight excluding hydrogens is 555 g/mol. The maximum Gasteiger partial charge on any atom is 0.412 e. The number of benzene rings is 1. The standard InChI is InChI=1S/C31H39FN6O5/c1-17-21(14-33-16-23(17)36-28(40)42-30(2,3)4)20-12-18-13-24(37-27(39)35-19-10-8-9-11-19)34-15-22(18)26(25(20)32)38-29(41)43-31(5,6)7/h12-16,19H,8-11H2,1-7H3,(H,36,40)(H,38,41)(H2,34,35,37,39). The molecule has 3 aromatic rings. The average Bonchev–Trinajstić information content (AvgIpc) is 3.37. The van der Waals surface area contributed by atoms with Gasteiger partial charge in [0.05, 0.1) is 17.6 Å². The van der Waals surface area contributed by atoms with E-state index in [2.05, 4.69) is 31.2 Å². The van der Waals surface area contributed by atoms with Crippen molar-refractivity contribution in [3.05, 3.63) is 42.1 Å². The van der Waals surface area contributed by atoms with E-state index in [1.807, 2.05) is 0 Å². The summed E-state index contributed by atoms with van der Waals surface area (Å²) in [4.78, 5) is 46.3. The van der Waals surface area contributed by atoms with Crippen LogP contribution in [0.3, 0.4) is 0 Å². The molecule has 0 spiro atoms. The summed E-state index contributed by atoms with van der Waals surface area (Å²) in [5.74, 6) is -0.502. The Bertz CT molecular complexity index is 1540. The summed E-state index contributed by atoms with van der Waals surface area (Å²) in [6.07, 6.45) is 6.76. The number of anilines is 3. The van der Waals surface area contributed by atoms with Crippen molar-refractivity contribution in [2.75, 3.05) is 16.0 Å². The van der Waals surface area contributed by atoms with E-state index in [4.69, 9.17) is 9.47 Å². The molecule has 11 nitrogen and oxygen atoms in total. The Morgan fingerprint density at radius 1 is 0.860 bits per heavy atom. The monoisotopic (exact) mass is 594 g/mol. The van der Waals surface area contributed by atoms with Crippen LogP contribution in [-0.2, 0) is 9.47 Å². The number of hydrogen-bond donors (Lipinski definition) is 4. The van der Waals surface area contributed by atoms with Crippen molar-refractivity contribution in [1.29, 1.82) is 0 Å². The third-order valence-electron chi connectivity index (χ3n) is 6.66. The van der Waals surface area contributed by atoms with Crippen LogP contribution >= 0.6 is 0 Å². The molecule has 1 aromatic carbocycles. The molecular formula is C31H39FN6O5. The van der Waals surface area contributed by atoms with Crippen molar-refractivity contribution in [2.24, 2.45) is 0 Å². The Hall–Kier alpha value is -4.48. The second-order valence-electron chi connectivity index (χ2n) is 12.6. The Morgan fingerprint density at radius 3 is 2.12 bits per heavy atom. The smallest absolute Gasteiger partial charge is 0.412 e. The Balaban J connectivity index is 1.76. The number of aromatic nitrogens is 2. The fourth-order valence-corrected chi connectivity index (χ4v) is 4.81. The molecule has 1 aliphatic rings. The highest BCUT2D eigenvalue weighted by atomic mass is 19.1. The van der Waals surface area contributed by atoms with Crippen LogP contribution in [0.15, 0.2) is 30.7 Å². The number of urea groups is 1. The fraction of sp³-hybridized carbons (Fsp3) is 0.452. The topological polar surface area (TPSA) is 144 Å². The minimum Gasteiger partial charge on any atom is -0.444 e. The van der Waals surface area contributed by atoms with Gasteiger partial charge in [0.1, 0.15) is 17.0 Å². The Kier molecular flexibility index (Phi) is 9.07. The van der Waals surface area contributed by atoms with E-state index >= 15 is 4.39 Å². The van der Waals surface area contributed by atoms with Crippen LogP contribution in [0.25, 0.3) is 21.9 Å². The number of carbonyl (C=O) groups is 3. The zero-order valence-corrected chi connectivity index (χ0v) is 25.6. The molecule has 0 bridgehead atoms. The molecule has 43 heavy (non-hydrogen) atoms. The Labute approximate surface area is 250 Å². The van der Waals surface area contributed by atoms with Gasteiger partial charge in [-0.2, -0.15) is 0 Å². The lowest BCUT2D eigenvalue weighted by molar-refractivity contribution is 0.0624. The summed E-state index contributed by atoms with van der Waals surface area (Å²) in [6.45, 7) is 12.0. The van der Waals surface area contributed by atoms with Crippen LogP contribution < -0.4 is 21.3 Å². The molecule has 0 aliphatic heterocycles. The molecule has 0 atom stereocenters. The van der Waals surface area contributed by atoms with Crippen molar-refractivity contribution in [3.8, 4) is 11.1 Å². The molecule has 0 unspecified atom stereocenters. The van der Waals surface area contributed by atoms with Gasteiger partial charge in [-0.3, -0.25) is 20.9 Å². The molecule has 230 valence electrons. The molecule has 1 saturated carbocycles. The highest BCUT2D eigenvalue weighted by Gasteiger charge is 2.24. The van der Waals surface area contributed by atoms with Gasteiger partial charge in [0.2, 0.25) is 0 Å². The first-order valence-electron chi connectivity index (χ1n) is 14.2. The second kappa shape index (κ2) is 12.4. The van der Waals surface area contributed by atoms with Gasteiger partial charge in [-0.05, 0) is 84.4 Å². The van der Waals surface area contributed by atoms with Crippen molar-refractivity contribution < 1.29 is 28.2 Å². The lowest BCUT2D eigenvalue weighted by Gasteiger charge is -2.22. The molecule has 4 rings (SSSR count). The number of halogens is 1. The Morgan fingerprint density at radius 2 is 1.49 bits per heavy atom. The van der Waals surface area contributed by atoms with Crippen LogP contribution in [0.4, 0.5) is 36.0 Å². The quantitative estimate of drug-likeness (QED) is 0.239. The molecule has 1 aliphatic carbocycles. The third-order valence-corrected chi connectivity index (χ3v) is 6.66. The van der Waals surface area contributed by atoms with Gasteiger partial charge in [-0.15, -0.1) is 0 Å². The van der Waals surface area contributed by atoms with E-state index in [0.29, 0.717) is 27.6 Å². The van der Waals surface area contributed by atoms with Crippen molar-refractivity contribution in [1.82, 2.24) is 15.3 Å². The normalized spacial score (nSPS) is 13.9. The highest BCUT2D eigenvalue weighted by molar-refractivity contribution is 6.04. The van der Waals surface area contributed by atoms with Crippen LogP contribution in [0, 0.1) is 12.7 Å². The first kappa shape index (κ1) is 31.5. The summed E-state index contributed by atoms with van der Waals surface area (Å²) in [5.41, 5.74) is -0.378. The van der Waals surface area contributed by atoms with E-state index in [-0.39, 0.29) is 29.1 Å². The third kappa shape index (κ3) is 8.30. The fourth-order valence-electron chi connectivity index (χ4n) is 4.81. The molecule has 4 amide bonds. The van der Waals surface area contributed by atoms with E-state index in [1.54, 1.807) is 60.6 Å². The number of pyridine rings is 2. The van der Waals surface area contributed by atoms with E-state index in [9.17, 15) is 14.4 Å². The van der Waals surface area contributed by atoms with Gasteiger partial charge in [0, 0.05) is 34.9 Å². The van der Waals surface area contributed by atoms with Crippen molar-refractivity contribution >= 4 is 46.2 Å². The predicted molar refractivity (Wildman–Crippen MR) is 164 cm³/mol. The summed E-state index contributed by atoms with van der Waals surface area (Å²) in [6, 6.07) is 2.91. The van der Waals surface area contributed by atoms with Gasteiger partial charge in [0.25, 0.3) is 0 Å². The highest BCUT2D eigenvalue weighted by Crippen LogP contribution is 2.38. The van der Waals surface area contributed by atoms with Crippen molar-refractivity contribution in [3.63, 3.8) is 0 Å². The predicted octanol–water partition coefficient (Wildman–Crippen LogP) is 7.50.